The second-order valence-electron chi connectivity index (χ2n) is 6.25. The highest BCUT2D eigenvalue weighted by atomic mass is 16.3. The first-order valence-corrected chi connectivity index (χ1v) is 8.16. The van der Waals surface area contributed by atoms with Gasteiger partial charge < -0.3 is 5.11 Å². The topological polar surface area (TPSA) is 43.8 Å². The van der Waals surface area contributed by atoms with Crippen LogP contribution in [0.4, 0.5) is 5.69 Å². The van der Waals surface area contributed by atoms with Gasteiger partial charge in [-0.2, -0.15) is 0 Å². The normalized spacial score (nSPS) is 21.0. The monoisotopic (exact) mass is 308 g/mol. The maximum Gasteiger partial charge on any atom is 0.261 e. The van der Waals surface area contributed by atoms with Gasteiger partial charge in [0.05, 0.1) is 5.69 Å². The van der Waals surface area contributed by atoms with Crippen LogP contribution in [0.15, 0.2) is 48.5 Å². The second kappa shape index (κ2) is 5.80. The predicted molar refractivity (Wildman–Crippen MR) is 89.2 cm³/mol. The van der Waals surface area contributed by atoms with Crippen LogP contribution in [0.3, 0.4) is 0 Å². The molecular weight excluding hydrogens is 288 g/mol. The number of anilines is 1. The van der Waals surface area contributed by atoms with Gasteiger partial charge in [-0.15, -0.1) is 0 Å². The van der Waals surface area contributed by atoms with Crippen LogP contribution < -0.4 is 4.90 Å². The molecule has 4 nitrogen and oxygen atoms in total. The Bertz CT molecular complexity index is 738. The smallest absolute Gasteiger partial charge is 0.261 e. The number of carbonyl (C=O) groups excluding carboxylic acids is 1. The van der Waals surface area contributed by atoms with Gasteiger partial charge in [0, 0.05) is 17.7 Å². The third kappa shape index (κ3) is 2.44. The van der Waals surface area contributed by atoms with E-state index in [1.807, 2.05) is 36.4 Å². The van der Waals surface area contributed by atoms with E-state index in [-0.39, 0.29) is 5.91 Å². The van der Waals surface area contributed by atoms with E-state index in [2.05, 4.69) is 11.0 Å². The molecule has 0 radical (unpaired) electrons. The fourth-order valence-corrected chi connectivity index (χ4v) is 3.60. The fourth-order valence-electron chi connectivity index (χ4n) is 3.60. The lowest BCUT2D eigenvalue weighted by Gasteiger charge is -2.25. The lowest BCUT2D eigenvalue weighted by Crippen LogP contribution is -2.29. The van der Waals surface area contributed by atoms with Gasteiger partial charge in [-0.3, -0.25) is 14.6 Å². The summed E-state index contributed by atoms with van der Waals surface area (Å²) in [6, 6.07) is 15.2. The van der Waals surface area contributed by atoms with Crippen LogP contribution in [0.2, 0.25) is 0 Å². The van der Waals surface area contributed by atoms with E-state index in [0.717, 1.165) is 30.9 Å². The Morgan fingerprint density at radius 3 is 2.48 bits per heavy atom. The van der Waals surface area contributed by atoms with E-state index < -0.39 is 6.23 Å². The van der Waals surface area contributed by atoms with E-state index in [0.29, 0.717) is 11.1 Å². The SMILES string of the molecule is O=C1c2ccccc2C(O)N1c1ccccc1CN1CCCC1. The number of carbonyl (C=O) groups is 1. The Kier molecular flexibility index (Phi) is 3.63. The van der Waals surface area contributed by atoms with E-state index in [4.69, 9.17) is 0 Å². The highest BCUT2D eigenvalue weighted by Crippen LogP contribution is 2.37. The molecule has 1 saturated heterocycles. The third-order valence-electron chi connectivity index (χ3n) is 4.78. The molecule has 0 aromatic heterocycles. The number of hydrogen-bond acceptors (Lipinski definition) is 3. The standard InChI is InChI=1S/C19H20N2O2/c22-18-15-8-2-3-9-16(15)19(23)21(18)17-10-4-1-7-14(17)13-20-11-5-6-12-20/h1-4,7-10,18,22H,5-6,11-13H2. The minimum absolute atomic E-state index is 0.123. The van der Waals surface area contributed by atoms with Crippen molar-refractivity contribution in [1.82, 2.24) is 4.90 Å². The quantitative estimate of drug-likeness (QED) is 0.948. The van der Waals surface area contributed by atoms with E-state index in [1.54, 1.807) is 6.07 Å². The third-order valence-corrected chi connectivity index (χ3v) is 4.78. The zero-order valence-corrected chi connectivity index (χ0v) is 13.0. The number of rotatable bonds is 3. The Morgan fingerprint density at radius 2 is 1.70 bits per heavy atom. The van der Waals surface area contributed by atoms with Crippen molar-refractivity contribution in [3.8, 4) is 0 Å². The number of nitrogens with zero attached hydrogens (tertiary/aromatic N) is 2. The van der Waals surface area contributed by atoms with Crippen LogP contribution in [-0.2, 0) is 6.54 Å². The van der Waals surface area contributed by atoms with Crippen molar-refractivity contribution in [3.05, 3.63) is 65.2 Å². The first-order chi connectivity index (χ1) is 11.3. The van der Waals surface area contributed by atoms with Crippen LogP contribution in [-0.4, -0.2) is 29.0 Å². The number of aliphatic hydroxyl groups excluding tert-OH is 1. The summed E-state index contributed by atoms with van der Waals surface area (Å²) >= 11 is 0. The van der Waals surface area contributed by atoms with Gasteiger partial charge in [0.1, 0.15) is 0 Å². The molecule has 0 saturated carbocycles. The number of amides is 1. The summed E-state index contributed by atoms with van der Waals surface area (Å²) in [7, 11) is 0. The maximum atomic E-state index is 12.7. The Hall–Kier alpha value is -2.17. The molecule has 2 aromatic rings. The summed E-state index contributed by atoms with van der Waals surface area (Å²) in [5.41, 5.74) is 3.19. The first-order valence-electron chi connectivity index (χ1n) is 8.16. The minimum atomic E-state index is -0.904. The van der Waals surface area contributed by atoms with Gasteiger partial charge in [0.25, 0.3) is 5.91 Å². The summed E-state index contributed by atoms with van der Waals surface area (Å²) in [4.78, 5) is 16.7. The molecule has 1 atom stereocenters. The van der Waals surface area contributed by atoms with Crippen LogP contribution in [0.5, 0.6) is 0 Å². The number of para-hydroxylation sites is 1. The Balaban J connectivity index is 1.70. The minimum Gasteiger partial charge on any atom is -0.369 e. The van der Waals surface area contributed by atoms with Gasteiger partial charge >= 0.3 is 0 Å². The van der Waals surface area contributed by atoms with Gasteiger partial charge in [0.15, 0.2) is 6.23 Å². The van der Waals surface area contributed by atoms with Crippen molar-refractivity contribution in [2.45, 2.75) is 25.6 Å². The molecule has 2 heterocycles. The van der Waals surface area contributed by atoms with Crippen molar-refractivity contribution < 1.29 is 9.90 Å². The van der Waals surface area contributed by atoms with Crippen LogP contribution >= 0.6 is 0 Å². The number of benzene rings is 2. The van der Waals surface area contributed by atoms with Crippen LogP contribution in [0, 0.1) is 0 Å². The summed E-state index contributed by atoms with van der Waals surface area (Å²) < 4.78 is 0. The van der Waals surface area contributed by atoms with Crippen molar-refractivity contribution in [3.63, 3.8) is 0 Å². The lowest BCUT2D eigenvalue weighted by molar-refractivity contribution is 0.0934. The fraction of sp³-hybridized carbons (Fsp3) is 0.316. The molecule has 4 heteroatoms. The molecule has 0 spiro atoms. The molecule has 1 unspecified atom stereocenters. The van der Waals surface area contributed by atoms with E-state index in [9.17, 15) is 9.90 Å². The summed E-state index contributed by atoms with van der Waals surface area (Å²) in [5.74, 6) is -0.123. The maximum absolute atomic E-state index is 12.7. The van der Waals surface area contributed by atoms with Crippen molar-refractivity contribution in [1.29, 1.82) is 0 Å². The number of fused-ring (bicyclic) bond motifs is 1. The second-order valence-corrected chi connectivity index (χ2v) is 6.25. The van der Waals surface area contributed by atoms with Crippen molar-refractivity contribution in [2.24, 2.45) is 0 Å². The van der Waals surface area contributed by atoms with Crippen LogP contribution in [0.1, 0.15) is 40.6 Å². The molecule has 1 N–H and O–H groups in total. The largest absolute Gasteiger partial charge is 0.369 e. The van der Waals surface area contributed by atoms with Crippen molar-refractivity contribution in [2.75, 3.05) is 18.0 Å². The van der Waals surface area contributed by atoms with Gasteiger partial charge in [0.2, 0.25) is 0 Å². The molecule has 0 bridgehead atoms. The molecule has 23 heavy (non-hydrogen) atoms. The zero-order valence-electron chi connectivity index (χ0n) is 13.0. The average Bonchev–Trinajstić information content (AvgIpc) is 3.17. The molecular formula is C19H20N2O2. The van der Waals surface area contributed by atoms with Gasteiger partial charge in [-0.1, -0.05) is 36.4 Å². The zero-order chi connectivity index (χ0) is 15.8. The summed E-state index contributed by atoms with van der Waals surface area (Å²) in [6.45, 7) is 3.03. The van der Waals surface area contributed by atoms with Gasteiger partial charge in [-0.05, 0) is 43.6 Å². The van der Waals surface area contributed by atoms with Crippen LogP contribution in [0.25, 0.3) is 0 Å². The Morgan fingerprint density at radius 1 is 1.00 bits per heavy atom. The van der Waals surface area contributed by atoms with E-state index >= 15 is 0 Å². The lowest BCUT2D eigenvalue weighted by atomic mass is 10.1. The molecule has 0 aliphatic carbocycles. The first kappa shape index (κ1) is 14.4. The van der Waals surface area contributed by atoms with Crippen molar-refractivity contribution >= 4 is 11.6 Å². The average molecular weight is 308 g/mol. The number of likely N-dealkylation sites (tertiary alicyclic amines) is 1. The number of aliphatic hydroxyl groups is 1. The van der Waals surface area contributed by atoms with E-state index in [1.165, 1.54) is 17.7 Å². The highest BCUT2D eigenvalue weighted by Gasteiger charge is 2.37. The predicted octanol–water partition coefficient (Wildman–Crippen LogP) is 2.93. The summed E-state index contributed by atoms with van der Waals surface area (Å²) in [6.07, 6.45) is 1.57. The Labute approximate surface area is 136 Å². The highest BCUT2D eigenvalue weighted by molar-refractivity contribution is 6.11. The molecule has 1 fully saturated rings. The number of hydrogen-bond donors (Lipinski definition) is 1. The molecule has 2 aromatic carbocycles. The molecule has 2 aliphatic heterocycles. The molecule has 2 aliphatic rings. The molecule has 4 rings (SSSR count). The molecule has 1 amide bonds. The summed E-state index contributed by atoms with van der Waals surface area (Å²) in [5, 5.41) is 10.6. The van der Waals surface area contributed by atoms with Gasteiger partial charge in [-0.25, -0.2) is 0 Å². The molecule has 118 valence electrons.